The van der Waals surface area contributed by atoms with Crippen LogP contribution in [0.15, 0.2) is 4.99 Å². The number of hydrogen-bond donors (Lipinski definition) is 2. The summed E-state index contributed by atoms with van der Waals surface area (Å²) in [5, 5.41) is 11.4. The number of nitrogens with zero attached hydrogens (tertiary/aromatic N) is 4. The molecule has 0 aliphatic rings. The van der Waals surface area contributed by atoms with E-state index in [1.165, 1.54) is 11.3 Å². The summed E-state index contributed by atoms with van der Waals surface area (Å²) in [4.78, 5) is 7.17. The summed E-state index contributed by atoms with van der Waals surface area (Å²) in [5.74, 6) is 0.911. The van der Waals surface area contributed by atoms with E-state index in [0.29, 0.717) is 6.04 Å². The average molecular weight is 478 g/mol. The van der Waals surface area contributed by atoms with Crippen molar-refractivity contribution >= 4 is 29.9 Å². The van der Waals surface area contributed by atoms with Crippen LogP contribution in [-0.2, 0) is 13.5 Å². The van der Waals surface area contributed by atoms with Gasteiger partial charge < -0.3 is 15.5 Å². The normalized spacial score (nSPS) is 12.8. The van der Waals surface area contributed by atoms with E-state index in [-0.39, 0.29) is 24.0 Å². The Morgan fingerprint density at radius 3 is 2.38 bits per heavy atom. The van der Waals surface area contributed by atoms with Gasteiger partial charge in [-0.2, -0.15) is 5.10 Å². The van der Waals surface area contributed by atoms with E-state index in [4.69, 9.17) is 4.99 Å². The molecule has 1 aromatic heterocycles. The minimum absolute atomic E-state index is 0. The molecular formula is C19H39IN6. The summed E-state index contributed by atoms with van der Waals surface area (Å²) in [7, 11) is 2.01. The van der Waals surface area contributed by atoms with Gasteiger partial charge >= 0.3 is 0 Å². The Hall–Kier alpha value is -0.830. The molecule has 7 heteroatoms. The van der Waals surface area contributed by atoms with Gasteiger partial charge in [0.15, 0.2) is 5.96 Å². The molecule has 1 heterocycles. The van der Waals surface area contributed by atoms with Gasteiger partial charge in [-0.15, -0.1) is 24.0 Å². The highest BCUT2D eigenvalue weighted by Crippen LogP contribution is 2.14. The minimum atomic E-state index is 0. The summed E-state index contributed by atoms with van der Waals surface area (Å²) in [6.07, 6.45) is 2.04. The smallest absolute Gasteiger partial charge is 0.191 e. The second-order valence-corrected chi connectivity index (χ2v) is 6.66. The molecule has 1 atom stereocenters. The van der Waals surface area contributed by atoms with Crippen LogP contribution in [0.5, 0.6) is 0 Å². The summed E-state index contributed by atoms with van der Waals surface area (Å²) in [5.41, 5.74) is 3.70. The van der Waals surface area contributed by atoms with Crippen LogP contribution >= 0.6 is 24.0 Å². The Bertz CT molecular complexity index is 536. The van der Waals surface area contributed by atoms with Crippen molar-refractivity contribution < 1.29 is 0 Å². The van der Waals surface area contributed by atoms with Crippen molar-refractivity contribution in [3.05, 3.63) is 17.0 Å². The summed E-state index contributed by atoms with van der Waals surface area (Å²) < 4.78 is 1.96. The molecule has 0 aliphatic carbocycles. The molecule has 0 amide bonds. The molecule has 0 saturated carbocycles. The van der Waals surface area contributed by atoms with E-state index in [1.54, 1.807) is 0 Å². The van der Waals surface area contributed by atoms with Crippen molar-refractivity contribution in [3.63, 3.8) is 0 Å². The first-order valence-corrected chi connectivity index (χ1v) is 9.69. The number of hydrogen-bond acceptors (Lipinski definition) is 3. The molecule has 26 heavy (non-hydrogen) atoms. The van der Waals surface area contributed by atoms with Crippen molar-refractivity contribution in [2.75, 3.05) is 32.7 Å². The molecule has 0 aromatic carbocycles. The zero-order chi connectivity index (χ0) is 18.8. The number of rotatable bonds is 10. The standard InChI is InChI=1S/C19H38N6.HI/c1-8-20-19(21-12-11-13-25(9-2)10-3)22-15(4)14-18-16(5)23-24(7)17(18)6;/h15H,8-14H2,1-7H3,(H2,20,21,22);1H. The van der Waals surface area contributed by atoms with Gasteiger partial charge in [0.2, 0.25) is 0 Å². The van der Waals surface area contributed by atoms with E-state index in [0.717, 1.165) is 57.2 Å². The van der Waals surface area contributed by atoms with Crippen LogP contribution in [0.25, 0.3) is 0 Å². The van der Waals surface area contributed by atoms with Crippen molar-refractivity contribution in [2.45, 2.75) is 60.4 Å². The minimum Gasteiger partial charge on any atom is -0.357 e. The van der Waals surface area contributed by atoms with Gasteiger partial charge in [-0.3, -0.25) is 9.67 Å². The fourth-order valence-electron chi connectivity index (χ4n) is 3.05. The Morgan fingerprint density at radius 2 is 1.88 bits per heavy atom. The predicted octanol–water partition coefficient (Wildman–Crippen LogP) is 2.87. The maximum atomic E-state index is 4.73. The van der Waals surface area contributed by atoms with E-state index in [9.17, 15) is 0 Å². The second kappa shape index (κ2) is 13.4. The van der Waals surface area contributed by atoms with Crippen molar-refractivity contribution in [2.24, 2.45) is 12.0 Å². The quantitative estimate of drug-likeness (QED) is 0.235. The van der Waals surface area contributed by atoms with E-state index in [2.05, 4.69) is 62.2 Å². The third-order valence-electron chi connectivity index (χ3n) is 4.69. The van der Waals surface area contributed by atoms with Crippen LogP contribution < -0.4 is 10.6 Å². The molecule has 2 N–H and O–H groups in total. The molecule has 1 aromatic rings. The third kappa shape index (κ3) is 8.24. The lowest BCUT2D eigenvalue weighted by Crippen LogP contribution is -2.43. The number of nitrogens with one attached hydrogen (secondary N) is 2. The lowest BCUT2D eigenvalue weighted by Gasteiger charge is -2.19. The topological polar surface area (TPSA) is 57.5 Å². The van der Waals surface area contributed by atoms with E-state index in [1.807, 2.05) is 11.7 Å². The molecule has 6 nitrogen and oxygen atoms in total. The zero-order valence-electron chi connectivity index (χ0n) is 17.7. The average Bonchev–Trinajstić information content (AvgIpc) is 2.81. The number of halogens is 1. The Balaban J connectivity index is 0.00000625. The highest BCUT2D eigenvalue weighted by molar-refractivity contribution is 14.0. The molecular weight excluding hydrogens is 439 g/mol. The third-order valence-corrected chi connectivity index (χ3v) is 4.69. The Kier molecular flexibility index (Phi) is 12.9. The summed E-state index contributed by atoms with van der Waals surface area (Å²) in [6, 6.07) is 0.308. The van der Waals surface area contributed by atoms with E-state index < -0.39 is 0 Å². The molecule has 1 rings (SSSR count). The lowest BCUT2D eigenvalue weighted by molar-refractivity contribution is 0.302. The maximum absolute atomic E-state index is 4.73. The monoisotopic (exact) mass is 478 g/mol. The van der Waals surface area contributed by atoms with Crippen molar-refractivity contribution in [3.8, 4) is 0 Å². The molecule has 0 fully saturated rings. The lowest BCUT2D eigenvalue weighted by atomic mass is 10.1. The Morgan fingerprint density at radius 1 is 1.23 bits per heavy atom. The zero-order valence-corrected chi connectivity index (χ0v) is 20.1. The first-order chi connectivity index (χ1) is 11.9. The van der Waals surface area contributed by atoms with Gasteiger partial charge in [-0.1, -0.05) is 13.8 Å². The van der Waals surface area contributed by atoms with Gasteiger partial charge in [0.25, 0.3) is 0 Å². The fraction of sp³-hybridized carbons (Fsp3) is 0.789. The number of aryl methyl sites for hydroxylation is 2. The molecule has 0 saturated heterocycles. The van der Waals surface area contributed by atoms with Crippen LogP contribution in [0.1, 0.15) is 51.1 Å². The summed E-state index contributed by atoms with van der Waals surface area (Å²) >= 11 is 0. The van der Waals surface area contributed by atoms with Gasteiger partial charge in [-0.05, 0) is 65.7 Å². The number of guanidine groups is 1. The van der Waals surface area contributed by atoms with Crippen molar-refractivity contribution in [1.29, 1.82) is 0 Å². The molecule has 0 radical (unpaired) electrons. The van der Waals surface area contributed by atoms with E-state index >= 15 is 0 Å². The fourth-order valence-corrected chi connectivity index (χ4v) is 3.05. The highest BCUT2D eigenvalue weighted by atomic mass is 127. The van der Waals surface area contributed by atoms with Crippen molar-refractivity contribution in [1.82, 2.24) is 25.3 Å². The molecule has 0 aliphatic heterocycles. The van der Waals surface area contributed by atoms with Gasteiger partial charge in [0, 0.05) is 31.9 Å². The molecule has 152 valence electrons. The van der Waals surface area contributed by atoms with Crippen LogP contribution in [0.4, 0.5) is 0 Å². The summed E-state index contributed by atoms with van der Waals surface area (Å²) in [6.45, 7) is 18.0. The number of aromatic nitrogens is 2. The van der Waals surface area contributed by atoms with Gasteiger partial charge in [-0.25, -0.2) is 0 Å². The van der Waals surface area contributed by atoms with Crippen LogP contribution in [0.3, 0.4) is 0 Å². The van der Waals surface area contributed by atoms with Gasteiger partial charge in [0.05, 0.1) is 5.69 Å². The number of aliphatic imine (C=N–C) groups is 1. The molecule has 0 bridgehead atoms. The first kappa shape index (κ1) is 25.2. The largest absolute Gasteiger partial charge is 0.357 e. The maximum Gasteiger partial charge on any atom is 0.191 e. The predicted molar refractivity (Wildman–Crippen MR) is 123 cm³/mol. The first-order valence-electron chi connectivity index (χ1n) is 9.69. The molecule has 1 unspecified atom stereocenters. The van der Waals surface area contributed by atoms with Crippen LogP contribution in [0.2, 0.25) is 0 Å². The Labute approximate surface area is 177 Å². The highest BCUT2D eigenvalue weighted by Gasteiger charge is 2.13. The second-order valence-electron chi connectivity index (χ2n) is 6.66. The van der Waals surface area contributed by atoms with Gasteiger partial charge in [0.1, 0.15) is 0 Å². The SMILES string of the molecule is CCNC(=NCCCN(CC)CC)NC(C)Cc1c(C)nn(C)c1C.I. The van der Waals surface area contributed by atoms with Crippen LogP contribution in [-0.4, -0.2) is 59.4 Å². The molecule has 0 spiro atoms. The van der Waals surface area contributed by atoms with Crippen LogP contribution in [0, 0.1) is 13.8 Å².